The molecule has 182 valence electrons. The third kappa shape index (κ3) is 7.14. The lowest BCUT2D eigenvalue weighted by Crippen LogP contribution is -2.09. The molecule has 0 fully saturated rings. The molecule has 0 bridgehead atoms. The van der Waals surface area contributed by atoms with Crippen molar-refractivity contribution in [2.24, 2.45) is 0 Å². The first-order valence-corrected chi connectivity index (χ1v) is 11.3. The molecule has 6 heteroatoms. The zero-order chi connectivity index (χ0) is 25.2. The number of carbonyl (C=O) groups is 1. The summed E-state index contributed by atoms with van der Waals surface area (Å²) in [5.74, 6) is 1.89. The maximum Gasteiger partial charge on any atom is 0.248 e. The number of nitrogens with one attached hydrogen (secondary N) is 1. The Morgan fingerprint density at radius 3 is 2.37 bits per heavy atom. The standard InChI is InChI=1S/C29H32N2O4/c1-20(2)9-16-24-27(34-4)17-12-22(13-18-28(32)31-26-8-6-5-7-25(26)30)29(24)35-19-21-10-14-23(33-3)15-11-21/h5-15,17-18H,16,19,30H2,1-4H3,(H,31,32)/b18-13-. The van der Waals surface area contributed by atoms with Crippen LogP contribution in [0.25, 0.3) is 6.08 Å². The van der Waals surface area contributed by atoms with Crippen LogP contribution in [0.2, 0.25) is 0 Å². The van der Waals surface area contributed by atoms with E-state index in [2.05, 4.69) is 11.4 Å². The van der Waals surface area contributed by atoms with Crippen molar-refractivity contribution in [2.45, 2.75) is 26.9 Å². The summed E-state index contributed by atoms with van der Waals surface area (Å²) in [5.41, 5.74) is 10.9. The lowest BCUT2D eigenvalue weighted by molar-refractivity contribution is -0.111. The number of ether oxygens (including phenoxy) is 3. The minimum Gasteiger partial charge on any atom is -0.497 e. The van der Waals surface area contributed by atoms with Gasteiger partial charge in [0.2, 0.25) is 5.91 Å². The van der Waals surface area contributed by atoms with Crippen LogP contribution < -0.4 is 25.3 Å². The summed E-state index contributed by atoms with van der Waals surface area (Å²) in [4.78, 5) is 12.6. The Kier molecular flexibility index (Phi) is 8.95. The predicted octanol–water partition coefficient (Wildman–Crippen LogP) is 6.03. The summed E-state index contributed by atoms with van der Waals surface area (Å²) in [6, 6.07) is 18.6. The lowest BCUT2D eigenvalue weighted by Gasteiger charge is -2.17. The Labute approximate surface area is 207 Å². The normalized spacial score (nSPS) is 10.6. The third-order valence-electron chi connectivity index (χ3n) is 5.36. The van der Waals surface area contributed by atoms with Crippen molar-refractivity contribution in [1.82, 2.24) is 0 Å². The van der Waals surface area contributed by atoms with Gasteiger partial charge in [0.05, 0.1) is 25.6 Å². The van der Waals surface area contributed by atoms with Crippen LogP contribution >= 0.6 is 0 Å². The van der Waals surface area contributed by atoms with Crippen LogP contribution in [0, 0.1) is 0 Å². The quantitative estimate of drug-likeness (QED) is 0.214. The Hall–Kier alpha value is -4.19. The smallest absolute Gasteiger partial charge is 0.248 e. The van der Waals surface area contributed by atoms with E-state index in [1.807, 2.05) is 62.4 Å². The first-order chi connectivity index (χ1) is 16.9. The molecule has 0 radical (unpaired) electrons. The molecule has 0 aliphatic carbocycles. The van der Waals surface area contributed by atoms with Gasteiger partial charge < -0.3 is 25.3 Å². The molecule has 0 atom stereocenters. The van der Waals surface area contributed by atoms with Crippen molar-refractivity contribution in [1.29, 1.82) is 0 Å². The number of para-hydroxylation sites is 2. The molecule has 3 aromatic carbocycles. The molecule has 1 amide bonds. The molecular formula is C29H32N2O4. The van der Waals surface area contributed by atoms with Crippen LogP contribution in [0.1, 0.15) is 30.5 Å². The molecule has 0 saturated heterocycles. The van der Waals surface area contributed by atoms with E-state index in [-0.39, 0.29) is 5.91 Å². The van der Waals surface area contributed by atoms with Gasteiger partial charge >= 0.3 is 0 Å². The van der Waals surface area contributed by atoms with E-state index >= 15 is 0 Å². The van der Waals surface area contributed by atoms with Crippen LogP contribution in [0.3, 0.4) is 0 Å². The fraction of sp³-hybridized carbons (Fsp3) is 0.207. The average Bonchev–Trinajstić information content (AvgIpc) is 2.86. The highest BCUT2D eigenvalue weighted by atomic mass is 16.5. The summed E-state index contributed by atoms with van der Waals surface area (Å²) in [7, 11) is 3.28. The number of benzene rings is 3. The molecule has 0 aromatic heterocycles. The molecule has 0 heterocycles. The number of amides is 1. The Morgan fingerprint density at radius 2 is 1.71 bits per heavy atom. The Morgan fingerprint density at radius 1 is 0.971 bits per heavy atom. The van der Waals surface area contributed by atoms with Crippen molar-refractivity contribution in [3.8, 4) is 17.2 Å². The summed E-state index contributed by atoms with van der Waals surface area (Å²) < 4.78 is 17.2. The van der Waals surface area contributed by atoms with Crippen molar-refractivity contribution in [3.05, 3.63) is 95.1 Å². The first-order valence-electron chi connectivity index (χ1n) is 11.3. The lowest BCUT2D eigenvalue weighted by atomic mass is 10.0. The number of methoxy groups -OCH3 is 2. The second-order valence-corrected chi connectivity index (χ2v) is 8.20. The SMILES string of the molecule is COc1ccc(COc2c(/C=C\C(=O)Nc3ccccc3N)ccc(OC)c2CC=C(C)C)cc1. The molecule has 0 spiro atoms. The highest BCUT2D eigenvalue weighted by Gasteiger charge is 2.15. The fourth-order valence-corrected chi connectivity index (χ4v) is 3.45. The molecular weight excluding hydrogens is 440 g/mol. The van der Waals surface area contributed by atoms with Gasteiger partial charge in [-0.3, -0.25) is 4.79 Å². The molecule has 3 N–H and O–H groups in total. The molecule has 0 aliphatic rings. The number of nitrogens with two attached hydrogens (primary N) is 1. The van der Waals surface area contributed by atoms with Gasteiger partial charge in [0.25, 0.3) is 0 Å². The summed E-state index contributed by atoms with van der Waals surface area (Å²) >= 11 is 0. The molecule has 0 saturated carbocycles. The second kappa shape index (κ2) is 12.3. The molecule has 35 heavy (non-hydrogen) atoms. The maximum atomic E-state index is 12.6. The van der Waals surface area contributed by atoms with Gasteiger partial charge in [-0.15, -0.1) is 0 Å². The van der Waals surface area contributed by atoms with E-state index in [1.165, 1.54) is 11.6 Å². The van der Waals surface area contributed by atoms with E-state index < -0.39 is 0 Å². The topological polar surface area (TPSA) is 82.8 Å². The maximum absolute atomic E-state index is 12.6. The highest BCUT2D eigenvalue weighted by Crippen LogP contribution is 2.35. The van der Waals surface area contributed by atoms with Crippen molar-refractivity contribution >= 4 is 23.4 Å². The van der Waals surface area contributed by atoms with Gasteiger partial charge in [0, 0.05) is 17.2 Å². The largest absolute Gasteiger partial charge is 0.497 e. The molecule has 3 rings (SSSR count). The van der Waals surface area contributed by atoms with Crippen molar-refractivity contribution in [3.63, 3.8) is 0 Å². The molecule has 0 aliphatic heterocycles. The van der Waals surface area contributed by atoms with E-state index in [4.69, 9.17) is 19.9 Å². The monoisotopic (exact) mass is 472 g/mol. The average molecular weight is 473 g/mol. The van der Waals surface area contributed by atoms with Crippen LogP contribution in [0.4, 0.5) is 11.4 Å². The number of allylic oxidation sites excluding steroid dienone is 2. The minimum absolute atomic E-state index is 0.286. The Bertz CT molecular complexity index is 1210. The van der Waals surface area contributed by atoms with E-state index in [9.17, 15) is 4.79 Å². The van der Waals surface area contributed by atoms with Crippen molar-refractivity contribution in [2.75, 3.05) is 25.3 Å². The predicted molar refractivity (Wildman–Crippen MR) is 142 cm³/mol. The number of carbonyl (C=O) groups excluding carboxylic acids is 1. The third-order valence-corrected chi connectivity index (χ3v) is 5.36. The number of hydrogen-bond donors (Lipinski definition) is 2. The van der Waals surface area contributed by atoms with Gasteiger partial charge in [-0.05, 0) is 68.3 Å². The van der Waals surface area contributed by atoms with Crippen LogP contribution in [-0.2, 0) is 17.8 Å². The summed E-state index contributed by atoms with van der Waals surface area (Å²) in [6.45, 7) is 4.45. The van der Waals surface area contributed by atoms with Crippen LogP contribution in [0.5, 0.6) is 17.2 Å². The number of nitrogen functional groups attached to an aromatic ring is 1. The van der Waals surface area contributed by atoms with Crippen molar-refractivity contribution < 1.29 is 19.0 Å². The highest BCUT2D eigenvalue weighted by molar-refractivity contribution is 6.03. The zero-order valence-electron chi connectivity index (χ0n) is 20.6. The zero-order valence-corrected chi connectivity index (χ0v) is 20.6. The summed E-state index contributed by atoms with van der Waals surface area (Å²) in [6.07, 6.45) is 5.97. The van der Waals surface area contributed by atoms with E-state index in [0.29, 0.717) is 30.2 Å². The second-order valence-electron chi connectivity index (χ2n) is 8.20. The number of anilines is 2. The first kappa shape index (κ1) is 25.4. The minimum atomic E-state index is -0.286. The number of hydrogen-bond acceptors (Lipinski definition) is 5. The molecule has 0 unspecified atom stereocenters. The van der Waals surface area contributed by atoms with Crippen LogP contribution in [0.15, 0.2) is 78.4 Å². The fourth-order valence-electron chi connectivity index (χ4n) is 3.45. The van der Waals surface area contributed by atoms with Gasteiger partial charge in [0.15, 0.2) is 0 Å². The summed E-state index contributed by atoms with van der Waals surface area (Å²) in [5, 5.41) is 2.81. The van der Waals surface area contributed by atoms with Gasteiger partial charge in [-0.2, -0.15) is 0 Å². The Balaban J connectivity index is 1.91. The van der Waals surface area contributed by atoms with Crippen LogP contribution in [-0.4, -0.2) is 20.1 Å². The van der Waals surface area contributed by atoms with E-state index in [0.717, 1.165) is 28.2 Å². The van der Waals surface area contributed by atoms with Gasteiger partial charge in [-0.1, -0.05) is 35.9 Å². The van der Waals surface area contributed by atoms with Gasteiger partial charge in [0.1, 0.15) is 23.9 Å². The number of rotatable bonds is 10. The molecule has 6 nitrogen and oxygen atoms in total. The van der Waals surface area contributed by atoms with E-state index in [1.54, 1.807) is 32.4 Å². The van der Waals surface area contributed by atoms with Gasteiger partial charge in [-0.25, -0.2) is 0 Å². The molecule has 3 aromatic rings.